The van der Waals surface area contributed by atoms with E-state index in [1.807, 2.05) is 32.9 Å². The zero-order chi connectivity index (χ0) is 16.7. The third-order valence-corrected chi connectivity index (χ3v) is 4.70. The number of ether oxygens (including phenoxy) is 2. The number of aliphatic hydroxyl groups excluding tert-OH is 1. The van der Waals surface area contributed by atoms with Gasteiger partial charge in [0.1, 0.15) is 11.4 Å². The summed E-state index contributed by atoms with van der Waals surface area (Å²) in [5.41, 5.74) is 1.51. The Bertz CT molecular complexity index is 598. The molecule has 5 heteroatoms. The van der Waals surface area contributed by atoms with Crippen LogP contribution in [0.3, 0.4) is 0 Å². The Hall–Kier alpha value is -1.75. The number of rotatable bonds is 1. The molecule has 5 nitrogen and oxygen atoms in total. The van der Waals surface area contributed by atoms with Crippen molar-refractivity contribution in [2.45, 2.75) is 51.2 Å². The van der Waals surface area contributed by atoms with E-state index in [4.69, 9.17) is 9.47 Å². The zero-order valence-corrected chi connectivity index (χ0v) is 14.1. The van der Waals surface area contributed by atoms with Gasteiger partial charge in [-0.05, 0) is 33.6 Å². The average molecular weight is 319 g/mol. The van der Waals surface area contributed by atoms with Crippen molar-refractivity contribution in [1.82, 2.24) is 4.90 Å². The van der Waals surface area contributed by atoms with E-state index in [0.29, 0.717) is 19.7 Å². The summed E-state index contributed by atoms with van der Waals surface area (Å²) < 4.78 is 11.4. The lowest BCUT2D eigenvalue weighted by Gasteiger charge is -2.38. The van der Waals surface area contributed by atoms with E-state index in [1.165, 1.54) is 5.56 Å². The summed E-state index contributed by atoms with van der Waals surface area (Å²) in [5, 5.41) is 9.46. The molecule has 1 fully saturated rings. The predicted molar refractivity (Wildman–Crippen MR) is 86.6 cm³/mol. The Kier molecular flexibility index (Phi) is 4.00. The molecule has 126 valence electrons. The van der Waals surface area contributed by atoms with Gasteiger partial charge in [-0.2, -0.15) is 0 Å². The summed E-state index contributed by atoms with van der Waals surface area (Å²) in [5.74, 6) is 0.834. The maximum atomic E-state index is 12.2. The number of hydrogen-bond donors (Lipinski definition) is 1. The highest BCUT2D eigenvalue weighted by atomic mass is 16.6. The van der Waals surface area contributed by atoms with Crippen molar-refractivity contribution >= 4 is 6.09 Å². The van der Waals surface area contributed by atoms with Crippen LogP contribution in [0, 0.1) is 0 Å². The molecule has 0 atom stereocenters. The molecule has 0 aliphatic carbocycles. The van der Waals surface area contributed by atoms with E-state index < -0.39 is 5.60 Å². The monoisotopic (exact) mass is 319 g/mol. The molecule has 2 aliphatic rings. The lowest BCUT2D eigenvalue weighted by molar-refractivity contribution is 0.0152. The number of benzene rings is 1. The molecule has 0 saturated carbocycles. The van der Waals surface area contributed by atoms with E-state index in [-0.39, 0.29) is 18.1 Å². The second kappa shape index (κ2) is 5.71. The van der Waals surface area contributed by atoms with Crippen molar-refractivity contribution in [3.63, 3.8) is 0 Å². The first-order valence-corrected chi connectivity index (χ1v) is 8.19. The number of piperidine rings is 1. The van der Waals surface area contributed by atoms with Crippen LogP contribution in [0.2, 0.25) is 0 Å². The maximum absolute atomic E-state index is 12.2. The van der Waals surface area contributed by atoms with Gasteiger partial charge in [0.15, 0.2) is 0 Å². The summed E-state index contributed by atoms with van der Waals surface area (Å²) in [7, 11) is 0. The first kappa shape index (κ1) is 16.1. The molecule has 2 aliphatic heterocycles. The number of amides is 1. The Labute approximate surface area is 137 Å². The molecule has 1 saturated heterocycles. The normalized spacial score (nSPS) is 19.4. The SMILES string of the molecule is CC(C)(C)OC(=O)N1CCC2(CC1)COc1c(CO)cccc12. The van der Waals surface area contributed by atoms with Gasteiger partial charge in [-0.3, -0.25) is 0 Å². The smallest absolute Gasteiger partial charge is 0.410 e. The number of carbonyl (C=O) groups excluding carboxylic acids is 1. The van der Waals surface area contributed by atoms with Crippen molar-refractivity contribution in [3.8, 4) is 5.75 Å². The first-order valence-electron chi connectivity index (χ1n) is 8.19. The van der Waals surface area contributed by atoms with Gasteiger partial charge in [0.2, 0.25) is 0 Å². The van der Waals surface area contributed by atoms with Crippen LogP contribution in [0.15, 0.2) is 18.2 Å². The van der Waals surface area contributed by atoms with E-state index in [9.17, 15) is 9.90 Å². The van der Waals surface area contributed by atoms with Crippen LogP contribution in [0.5, 0.6) is 5.75 Å². The summed E-state index contributed by atoms with van der Waals surface area (Å²) in [6, 6.07) is 5.96. The minimum absolute atomic E-state index is 0.0106. The highest BCUT2D eigenvalue weighted by Gasteiger charge is 2.44. The van der Waals surface area contributed by atoms with Gasteiger partial charge in [-0.25, -0.2) is 4.79 Å². The Morgan fingerprint density at radius 1 is 1.35 bits per heavy atom. The van der Waals surface area contributed by atoms with Crippen LogP contribution in [-0.4, -0.2) is 41.4 Å². The molecule has 0 bridgehead atoms. The Morgan fingerprint density at radius 2 is 2.04 bits per heavy atom. The second-order valence-electron chi connectivity index (χ2n) is 7.49. The summed E-state index contributed by atoms with van der Waals surface area (Å²) >= 11 is 0. The zero-order valence-electron chi connectivity index (χ0n) is 14.1. The minimum atomic E-state index is -0.467. The fourth-order valence-electron chi connectivity index (χ4n) is 3.44. The number of carbonyl (C=O) groups is 1. The number of nitrogens with zero attached hydrogens (tertiary/aromatic N) is 1. The van der Waals surface area contributed by atoms with Gasteiger partial charge in [0.05, 0.1) is 13.2 Å². The molecule has 1 aromatic rings. The quantitative estimate of drug-likeness (QED) is 0.865. The molecular formula is C18H25NO4. The van der Waals surface area contributed by atoms with Crippen LogP contribution in [0.25, 0.3) is 0 Å². The fraction of sp³-hybridized carbons (Fsp3) is 0.611. The topological polar surface area (TPSA) is 59.0 Å². The molecule has 2 heterocycles. The number of para-hydroxylation sites is 1. The van der Waals surface area contributed by atoms with Crippen LogP contribution in [-0.2, 0) is 16.8 Å². The Morgan fingerprint density at radius 3 is 2.65 bits per heavy atom. The van der Waals surface area contributed by atoms with Crippen molar-refractivity contribution in [2.24, 2.45) is 0 Å². The third-order valence-electron chi connectivity index (χ3n) is 4.70. The molecule has 3 rings (SSSR count). The van der Waals surface area contributed by atoms with E-state index in [2.05, 4.69) is 6.07 Å². The number of aliphatic hydroxyl groups is 1. The van der Waals surface area contributed by atoms with Crippen molar-refractivity contribution in [1.29, 1.82) is 0 Å². The van der Waals surface area contributed by atoms with Gasteiger partial charge in [-0.15, -0.1) is 0 Å². The minimum Gasteiger partial charge on any atom is -0.492 e. The van der Waals surface area contributed by atoms with Crippen LogP contribution < -0.4 is 4.74 Å². The standard InChI is InChI=1S/C18H25NO4/c1-17(2,3)23-16(21)19-9-7-18(8-10-19)12-22-15-13(11-20)5-4-6-14(15)18/h4-6,20H,7-12H2,1-3H3. The van der Waals surface area contributed by atoms with Crippen molar-refractivity contribution < 1.29 is 19.4 Å². The number of likely N-dealkylation sites (tertiary alicyclic amines) is 1. The van der Waals surface area contributed by atoms with E-state index in [0.717, 1.165) is 24.2 Å². The van der Waals surface area contributed by atoms with Gasteiger partial charge in [0, 0.05) is 29.6 Å². The predicted octanol–water partition coefficient (Wildman–Crippen LogP) is 2.84. The summed E-state index contributed by atoms with van der Waals surface area (Å²) in [4.78, 5) is 14.0. The first-order chi connectivity index (χ1) is 10.8. The molecule has 23 heavy (non-hydrogen) atoms. The van der Waals surface area contributed by atoms with Gasteiger partial charge in [-0.1, -0.05) is 18.2 Å². The van der Waals surface area contributed by atoms with Gasteiger partial charge >= 0.3 is 6.09 Å². The highest BCUT2D eigenvalue weighted by Crippen LogP contribution is 2.47. The molecule has 1 spiro atoms. The molecule has 0 unspecified atom stereocenters. The third kappa shape index (κ3) is 3.02. The molecular weight excluding hydrogens is 294 g/mol. The molecule has 0 aromatic heterocycles. The van der Waals surface area contributed by atoms with Crippen LogP contribution in [0.1, 0.15) is 44.7 Å². The van der Waals surface area contributed by atoms with Gasteiger partial charge < -0.3 is 19.5 Å². The average Bonchev–Trinajstić information content (AvgIpc) is 2.85. The largest absolute Gasteiger partial charge is 0.492 e. The van der Waals surface area contributed by atoms with E-state index in [1.54, 1.807) is 4.90 Å². The number of hydrogen-bond acceptors (Lipinski definition) is 4. The number of fused-ring (bicyclic) bond motifs is 2. The maximum Gasteiger partial charge on any atom is 0.410 e. The second-order valence-corrected chi connectivity index (χ2v) is 7.49. The molecule has 1 amide bonds. The van der Waals surface area contributed by atoms with E-state index >= 15 is 0 Å². The molecule has 1 aromatic carbocycles. The molecule has 1 N–H and O–H groups in total. The fourth-order valence-corrected chi connectivity index (χ4v) is 3.44. The highest BCUT2D eigenvalue weighted by molar-refractivity contribution is 5.68. The summed E-state index contributed by atoms with van der Waals surface area (Å²) in [6.45, 7) is 7.60. The molecule has 0 radical (unpaired) electrons. The lowest BCUT2D eigenvalue weighted by Crippen LogP contribution is -2.47. The van der Waals surface area contributed by atoms with Crippen molar-refractivity contribution in [2.75, 3.05) is 19.7 Å². The van der Waals surface area contributed by atoms with Crippen LogP contribution >= 0.6 is 0 Å². The van der Waals surface area contributed by atoms with Gasteiger partial charge in [0.25, 0.3) is 0 Å². The van der Waals surface area contributed by atoms with Crippen molar-refractivity contribution in [3.05, 3.63) is 29.3 Å². The Balaban J connectivity index is 1.72. The summed E-state index contributed by atoms with van der Waals surface area (Å²) in [6.07, 6.45) is 1.47. The lowest BCUT2D eigenvalue weighted by atomic mass is 9.74. The van der Waals surface area contributed by atoms with Crippen LogP contribution in [0.4, 0.5) is 4.79 Å².